The molecule has 1 aromatic rings. The van der Waals surface area contributed by atoms with Crippen LogP contribution in [0.3, 0.4) is 0 Å². The maximum Gasteiger partial charge on any atom is 0.131 e. The molecule has 0 aliphatic carbocycles. The first-order chi connectivity index (χ1) is 4.34. The molecule has 0 atom stereocenters. The molecule has 9 heavy (non-hydrogen) atoms. The number of aldehydes is 1. The van der Waals surface area contributed by atoms with Crippen LogP contribution in [-0.4, -0.2) is 15.9 Å². The van der Waals surface area contributed by atoms with Gasteiger partial charge in [-0.2, -0.15) is 0 Å². The first-order valence-corrected chi connectivity index (χ1v) is 3.12. The van der Waals surface area contributed by atoms with Gasteiger partial charge in [-0.1, -0.05) is 4.49 Å². The molecule has 0 aromatic carbocycles. The number of nitrogens with two attached hydrogens (primary N) is 1. The lowest BCUT2D eigenvalue weighted by Crippen LogP contribution is -1.91. The monoisotopic (exact) mass is 143 g/mol. The van der Waals surface area contributed by atoms with Crippen LogP contribution in [0.1, 0.15) is 5.69 Å². The maximum atomic E-state index is 9.91. The van der Waals surface area contributed by atoms with E-state index in [0.29, 0.717) is 10.7 Å². The molecule has 0 radical (unpaired) electrons. The molecule has 0 unspecified atom stereocenters. The summed E-state index contributed by atoms with van der Waals surface area (Å²) in [6.07, 6.45) is 1.02. The van der Waals surface area contributed by atoms with Gasteiger partial charge in [0.05, 0.1) is 6.42 Å². The minimum Gasteiger partial charge on any atom is -0.388 e. The number of hydrogen-bond donors (Lipinski definition) is 1. The van der Waals surface area contributed by atoms with Crippen molar-refractivity contribution >= 4 is 22.8 Å². The lowest BCUT2D eigenvalue weighted by atomic mass is 10.4. The first-order valence-electron chi connectivity index (χ1n) is 2.35. The van der Waals surface area contributed by atoms with Crippen LogP contribution >= 0.6 is 11.5 Å². The maximum absolute atomic E-state index is 9.91. The van der Waals surface area contributed by atoms with Crippen molar-refractivity contribution in [2.75, 3.05) is 5.73 Å². The summed E-state index contributed by atoms with van der Waals surface area (Å²) in [5.74, 6) is 0. The van der Waals surface area contributed by atoms with E-state index >= 15 is 0 Å². The number of rotatable bonds is 2. The summed E-state index contributed by atoms with van der Waals surface area (Å²) in [5.41, 5.74) is 5.94. The highest BCUT2D eigenvalue weighted by molar-refractivity contribution is 7.09. The largest absolute Gasteiger partial charge is 0.388 e. The van der Waals surface area contributed by atoms with Crippen molar-refractivity contribution in [2.24, 2.45) is 0 Å². The van der Waals surface area contributed by atoms with E-state index in [9.17, 15) is 4.79 Å². The van der Waals surface area contributed by atoms with Crippen molar-refractivity contribution in [3.63, 3.8) is 0 Å². The highest BCUT2D eigenvalue weighted by Crippen LogP contribution is 2.11. The van der Waals surface area contributed by atoms with Gasteiger partial charge in [-0.05, 0) is 0 Å². The molecule has 0 fully saturated rings. The normalized spacial score (nSPS) is 9.33. The van der Waals surface area contributed by atoms with Gasteiger partial charge in [-0.3, -0.25) is 0 Å². The zero-order chi connectivity index (χ0) is 6.69. The molecule has 48 valence electrons. The van der Waals surface area contributed by atoms with Crippen LogP contribution in [0.2, 0.25) is 0 Å². The summed E-state index contributed by atoms with van der Waals surface area (Å²) in [5, 5.41) is 4.15. The highest BCUT2D eigenvalue weighted by Gasteiger charge is 2.00. The van der Waals surface area contributed by atoms with Crippen LogP contribution in [0.5, 0.6) is 0 Å². The number of nitrogens with zero attached hydrogens (tertiary/aromatic N) is 2. The highest BCUT2D eigenvalue weighted by atomic mass is 32.1. The molecular formula is C4H5N3OS. The predicted octanol–water partition coefficient (Wildman–Crippen LogP) is -0.138. The topological polar surface area (TPSA) is 68.9 Å². The third kappa shape index (κ3) is 1.23. The van der Waals surface area contributed by atoms with Gasteiger partial charge in [-0.15, -0.1) is 5.10 Å². The van der Waals surface area contributed by atoms with Crippen LogP contribution in [0, 0.1) is 0 Å². The fourth-order valence-electron chi connectivity index (χ4n) is 0.436. The Morgan fingerprint density at radius 2 is 2.56 bits per heavy atom. The molecule has 0 saturated carbocycles. The lowest BCUT2D eigenvalue weighted by molar-refractivity contribution is -0.107. The molecule has 0 spiro atoms. The van der Waals surface area contributed by atoms with Crippen molar-refractivity contribution in [1.29, 1.82) is 0 Å². The van der Waals surface area contributed by atoms with Crippen LogP contribution in [0.4, 0.5) is 5.00 Å². The summed E-state index contributed by atoms with van der Waals surface area (Å²) in [6, 6.07) is 0. The summed E-state index contributed by atoms with van der Waals surface area (Å²) in [7, 11) is 0. The molecule has 1 rings (SSSR count). The summed E-state index contributed by atoms with van der Waals surface area (Å²) >= 11 is 1.10. The van der Waals surface area contributed by atoms with Crippen molar-refractivity contribution in [3.8, 4) is 0 Å². The Labute approximate surface area is 55.9 Å². The second-order valence-electron chi connectivity index (χ2n) is 1.45. The van der Waals surface area contributed by atoms with Gasteiger partial charge >= 0.3 is 0 Å². The van der Waals surface area contributed by atoms with Gasteiger partial charge in [-0.25, -0.2) is 0 Å². The quantitative estimate of drug-likeness (QED) is 0.585. The Hall–Kier alpha value is -0.970. The molecule has 4 nitrogen and oxygen atoms in total. The van der Waals surface area contributed by atoms with E-state index in [1.54, 1.807) is 0 Å². The number of anilines is 1. The van der Waals surface area contributed by atoms with Crippen LogP contribution in [0.25, 0.3) is 0 Å². The second kappa shape index (κ2) is 2.54. The zero-order valence-corrected chi connectivity index (χ0v) is 5.39. The van der Waals surface area contributed by atoms with Gasteiger partial charge in [0.15, 0.2) is 0 Å². The third-order valence-corrected chi connectivity index (χ3v) is 1.46. The molecule has 2 N–H and O–H groups in total. The first kappa shape index (κ1) is 6.15. The third-order valence-electron chi connectivity index (χ3n) is 0.862. The van der Waals surface area contributed by atoms with Crippen LogP contribution < -0.4 is 5.73 Å². The summed E-state index contributed by atoms with van der Waals surface area (Å²) < 4.78 is 3.55. The van der Waals surface area contributed by atoms with E-state index in [-0.39, 0.29) is 6.42 Å². The second-order valence-corrected chi connectivity index (χ2v) is 2.24. The Kier molecular flexibility index (Phi) is 1.74. The predicted molar refractivity (Wildman–Crippen MR) is 34.1 cm³/mol. The molecule has 0 bridgehead atoms. The van der Waals surface area contributed by atoms with Gasteiger partial charge in [0.1, 0.15) is 17.0 Å². The molecule has 5 heteroatoms. The SMILES string of the molecule is Nc1snnc1CC=O. The summed E-state index contributed by atoms with van der Waals surface area (Å²) in [6.45, 7) is 0. The van der Waals surface area contributed by atoms with E-state index in [1.807, 2.05) is 0 Å². The van der Waals surface area contributed by atoms with E-state index < -0.39 is 0 Å². The van der Waals surface area contributed by atoms with Gasteiger partial charge in [0, 0.05) is 11.5 Å². The standard InChI is InChI=1S/C4H5N3OS/c5-4-3(1-2-8)6-7-9-4/h2H,1,5H2. The molecular weight excluding hydrogens is 138 g/mol. The average molecular weight is 143 g/mol. The van der Waals surface area contributed by atoms with E-state index in [4.69, 9.17) is 5.73 Å². The van der Waals surface area contributed by atoms with E-state index in [1.165, 1.54) is 0 Å². The molecule has 1 aromatic heterocycles. The molecule has 0 amide bonds. The minimum atomic E-state index is 0.266. The van der Waals surface area contributed by atoms with E-state index in [0.717, 1.165) is 17.8 Å². The number of aromatic nitrogens is 2. The minimum absolute atomic E-state index is 0.266. The Bertz CT molecular complexity index is 209. The van der Waals surface area contributed by atoms with Crippen molar-refractivity contribution in [3.05, 3.63) is 5.69 Å². The number of carbonyl (C=O) groups is 1. The van der Waals surface area contributed by atoms with E-state index in [2.05, 4.69) is 9.59 Å². The molecule has 0 aliphatic rings. The van der Waals surface area contributed by atoms with Crippen LogP contribution in [-0.2, 0) is 11.2 Å². The van der Waals surface area contributed by atoms with Gasteiger partial charge in [0.25, 0.3) is 0 Å². The van der Waals surface area contributed by atoms with Crippen molar-refractivity contribution in [1.82, 2.24) is 9.59 Å². The number of hydrogen-bond acceptors (Lipinski definition) is 5. The van der Waals surface area contributed by atoms with Gasteiger partial charge < -0.3 is 10.5 Å². The van der Waals surface area contributed by atoms with Crippen molar-refractivity contribution < 1.29 is 4.79 Å². The smallest absolute Gasteiger partial charge is 0.131 e. The fourth-order valence-corrected chi connectivity index (χ4v) is 0.893. The molecule has 1 heterocycles. The van der Waals surface area contributed by atoms with Gasteiger partial charge in [0.2, 0.25) is 0 Å². The van der Waals surface area contributed by atoms with Crippen LogP contribution in [0.15, 0.2) is 0 Å². The molecule has 0 aliphatic heterocycles. The zero-order valence-electron chi connectivity index (χ0n) is 4.57. The molecule has 0 saturated heterocycles. The average Bonchev–Trinajstić information content (AvgIpc) is 2.18. The summed E-state index contributed by atoms with van der Waals surface area (Å²) in [4.78, 5) is 9.91. The lowest BCUT2D eigenvalue weighted by Gasteiger charge is -1.83. The fraction of sp³-hybridized carbons (Fsp3) is 0.250. The number of nitrogen functional groups attached to an aromatic ring is 1. The Morgan fingerprint density at radius 1 is 1.78 bits per heavy atom. The Balaban J connectivity index is 2.80. The number of carbonyl (C=O) groups excluding carboxylic acids is 1. The van der Waals surface area contributed by atoms with Crippen molar-refractivity contribution in [2.45, 2.75) is 6.42 Å². The Morgan fingerprint density at radius 3 is 3.00 bits per heavy atom.